The fraction of sp³-hybridized carbons (Fsp3) is 0.429. The van der Waals surface area contributed by atoms with E-state index in [9.17, 15) is 4.21 Å². The van der Waals surface area contributed by atoms with E-state index in [2.05, 4.69) is 9.97 Å². The molecule has 0 spiro atoms. The molecule has 12 heavy (non-hydrogen) atoms. The van der Waals surface area contributed by atoms with Gasteiger partial charge in [-0.25, -0.2) is 9.97 Å². The van der Waals surface area contributed by atoms with Gasteiger partial charge in [0.1, 0.15) is 11.4 Å². The van der Waals surface area contributed by atoms with Gasteiger partial charge in [0.25, 0.3) is 0 Å². The molecule has 0 aliphatic heterocycles. The molecule has 0 aliphatic carbocycles. The van der Waals surface area contributed by atoms with Crippen molar-refractivity contribution in [3.8, 4) is 0 Å². The topological polar surface area (TPSA) is 68.9 Å². The molecule has 0 bridgehead atoms. The molecule has 0 radical (unpaired) electrons. The summed E-state index contributed by atoms with van der Waals surface area (Å²) < 4.78 is 11.4. The SMILES string of the molecule is NCCCS(=O)c1ccncn1. The quantitative estimate of drug-likeness (QED) is 0.667. The average molecular weight is 185 g/mol. The minimum absolute atomic E-state index is 0.566. The largest absolute Gasteiger partial charge is 0.330 e. The summed E-state index contributed by atoms with van der Waals surface area (Å²) in [5.41, 5.74) is 5.29. The van der Waals surface area contributed by atoms with Crippen molar-refractivity contribution in [2.75, 3.05) is 12.3 Å². The predicted octanol–water partition coefficient (Wildman–Crippen LogP) is -0.0670. The Hall–Kier alpha value is -0.810. The van der Waals surface area contributed by atoms with E-state index in [1.54, 1.807) is 12.3 Å². The van der Waals surface area contributed by atoms with Crippen molar-refractivity contribution >= 4 is 10.8 Å². The monoisotopic (exact) mass is 185 g/mol. The van der Waals surface area contributed by atoms with Gasteiger partial charge in [-0.15, -0.1) is 0 Å². The zero-order valence-corrected chi connectivity index (χ0v) is 7.46. The van der Waals surface area contributed by atoms with Gasteiger partial charge in [-0.2, -0.15) is 0 Å². The normalized spacial score (nSPS) is 12.8. The first-order chi connectivity index (χ1) is 5.84. The molecule has 66 valence electrons. The van der Waals surface area contributed by atoms with Crippen LogP contribution in [0.25, 0.3) is 0 Å². The number of hydrogen-bond donors (Lipinski definition) is 1. The molecule has 0 aliphatic rings. The van der Waals surface area contributed by atoms with Crippen LogP contribution in [0.5, 0.6) is 0 Å². The Balaban J connectivity index is 2.54. The second-order valence-corrected chi connectivity index (χ2v) is 3.76. The molecular formula is C7H11N3OS. The average Bonchev–Trinajstić information content (AvgIpc) is 2.15. The zero-order valence-electron chi connectivity index (χ0n) is 6.64. The van der Waals surface area contributed by atoms with Crippen LogP contribution in [-0.4, -0.2) is 26.5 Å². The molecule has 0 amide bonds. The zero-order chi connectivity index (χ0) is 8.81. The minimum atomic E-state index is -1.01. The van der Waals surface area contributed by atoms with Crippen molar-refractivity contribution < 1.29 is 4.21 Å². The first-order valence-electron chi connectivity index (χ1n) is 3.69. The van der Waals surface area contributed by atoms with Crippen molar-refractivity contribution in [2.24, 2.45) is 5.73 Å². The molecule has 0 fully saturated rings. The molecule has 1 rings (SSSR count). The van der Waals surface area contributed by atoms with Crippen LogP contribution < -0.4 is 5.73 Å². The molecule has 1 aromatic heterocycles. The maximum atomic E-state index is 11.4. The molecule has 1 heterocycles. The first kappa shape index (κ1) is 9.28. The first-order valence-corrected chi connectivity index (χ1v) is 5.01. The lowest BCUT2D eigenvalue weighted by atomic mass is 10.5. The van der Waals surface area contributed by atoms with Gasteiger partial charge in [0.15, 0.2) is 0 Å². The number of aromatic nitrogens is 2. The lowest BCUT2D eigenvalue weighted by Gasteiger charge is -1.97. The summed E-state index contributed by atoms with van der Waals surface area (Å²) in [5.74, 6) is 0.577. The van der Waals surface area contributed by atoms with E-state index in [0.29, 0.717) is 17.3 Å². The number of hydrogen-bond acceptors (Lipinski definition) is 4. The second-order valence-electron chi connectivity index (χ2n) is 2.24. The maximum Gasteiger partial charge on any atom is 0.130 e. The predicted molar refractivity (Wildman–Crippen MR) is 47.0 cm³/mol. The van der Waals surface area contributed by atoms with E-state index in [1.165, 1.54) is 6.33 Å². The van der Waals surface area contributed by atoms with Crippen LogP contribution in [0, 0.1) is 0 Å². The summed E-state index contributed by atoms with van der Waals surface area (Å²) in [7, 11) is -1.01. The summed E-state index contributed by atoms with van der Waals surface area (Å²) in [6.45, 7) is 0.566. The van der Waals surface area contributed by atoms with Crippen LogP contribution in [0.15, 0.2) is 23.6 Å². The summed E-state index contributed by atoms with van der Waals surface area (Å²) in [4.78, 5) is 7.62. The Bertz CT molecular complexity index is 252. The van der Waals surface area contributed by atoms with Gasteiger partial charge in [0, 0.05) is 11.9 Å². The fourth-order valence-electron chi connectivity index (χ4n) is 0.732. The third-order valence-corrected chi connectivity index (χ3v) is 2.69. The lowest BCUT2D eigenvalue weighted by molar-refractivity contribution is 0.677. The molecule has 4 nitrogen and oxygen atoms in total. The molecule has 1 unspecified atom stereocenters. The molecule has 0 saturated heterocycles. The maximum absolute atomic E-state index is 11.4. The van der Waals surface area contributed by atoms with Crippen molar-refractivity contribution in [1.29, 1.82) is 0 Å². The highest BCUT2D eigenvalue weighted by molar-refractivity contribution is 7.84. The van der Waals surface area contributed by atoms with Gasteiger partial charge < -0.3 is 5.73 Å². The third kappa shape index (κ3) is 2.67. The van der Waals surface area contributed by atoms with Crippen molar-refractivity contribution in [2.45, 2.75) is 11.4 Å². The van der Waals surface area contributed by atoms with Gasteiger partial charge in [-0.05, 0) is 19.0 Å². The van der Waals surface area contributed by atoms with Gasteiger partial charge in [-0.3, -0.25) is 4.21 Å². The number of nitrogens with two attached hydrogens (primary N) is 1. The summed E-state index contributed by atoms with van der Waals surface area (Å²) in [5, 5.41) is 0.582. The molecule has 1 aromatic rings. The Morgan fingerprint density at radius 2 is 2.42 bits per heavy atom. The van der Waals surface area contributed by atoms with Gasteiger partial charge >= 0.3 is 0 Å². The molecule has 0 saturated carbocycles. The summed E-state index contributed by atoms with van der Waals surface area (Å²) >= 11 is 0. The van der Waals surface area contributed by atoms with Crippen molar-refractivity contribution in [1.82, 2.24) is 9.97 Å². The molecule has 1 atom stereocenters. The van der Waals surface area contributed by atoms with E-state index in [0.717, 1.165) is 6.42 Å². The molecule has 2 N–H and O–H groups in total. The molecule has 0 aromatic carbocycles. The van der Waals surface area contributed by atoms with E-state index < -0.39 is 10.8 Å². The number of rotatable bonds is 4. The second kappa shape index (κ2) is 4.95. The standard InChI is InChI=1S/C7H11N3OS/c8-3-1-5-12(11)7-2-4-9-6-10-7/h2,4,6H,1,3,5,8H2. The highest BCUT2D eigenvalue weighted by Gasteiger charge is 2.02. The Morgan fingerprint density at radius 1 is 1.58 bits per heavy atom. The summed E-state index contributed by atoms with van der Waals surface area (Å²) in [6.07, 6.45) is 3.75. The molecular weight excluding hydrogens is 174 g/mol. The van der Waals surface area contributed by atoms with Gasteiger partial charge in [-0.1, -0.05) is 0 Å². The fourth-order valence-corrected chi connectivity index (χ4v) is 1.75. The van der Waals surface area contributed by atoms with E-state index >= 15 is 0 Å². The number of nitrogens with zero attached hydrogens (tertiary/aromatic N) is 2. The van der Waals surface area contributed by atoms with E-state index in [-0.39, 0.29) is 0 Å². The van der Waals surface area contributed by atoms with Crippen LogP contribution in [-0.2, 0) is 10.8 Å². The van der Waals surface area contributed by atoms with Crippen LogP contribution in [0.2, 0.25) is 0 Å². The Labute approximate surface area is 73.7 Å². The smallest absolute Gasteiger partial charge is 0.130 e. The summed E-state index contributed by atoms with van der Waals surface area (Å²) in [6, 6.07) is 1.66. The highest BCUT2D eigenvalue weighted by Crippen LogP contribution is 2.00. The Morgan fingerprint density at radius 3 is 3.00 bits per heavy atom. The van der Waals surface area contributed by atoms with Crippen LogP contribution in [0.1, 0.15) is 6.42 Å². The van der Waals surface area contributed by atoms with Crippen molar-refractivity contribution in [3.63, 3.8) is 0 Å². The van der Waals surface area contributed by atoms with Crippen LogP contribution >= 0.6 is 0 Å². The van der Waals surface area contributed by atoms with E-state index in [1.807, 2.05) is 0 Å². The lowest BCUT2D eigenvalue weighted by Crippen LogP contribution is -2.07. The Kier molecular flexibility index (Phi) is 3.83. The van der Waals surface area contributed by atoms with Gasteiger partial charge in [0.2, 0.25) is 0 Å². The van der Waals surface area contributed by atoms with E-state index in [4.69, 9.17) is 5.73 Å². The minimum Gasteiger partial charge on any atom is -0.330 e. The highest BCUT2D eigenvalue weighted by atomic mass is 32.2. The third-order valence-electron chi connectivity index (χ3n) is 1.32. The van der Waals surface area contributed by atoms with Crippen LogP contribution in [0.3, 0.4) is 0 Å². The van der Waals surface area contributed by atoms with Crippen molar-refractivity contribution in [3.05, 3.63) is 18.6 Å². The van der Waals surface area contributed by atoms with Crippen LogP contribution in [0.4, 0.5) is 0 Å². The van der Waals surface area contributed by atoms with Gasteiger partial charge in [0.05, 0.1) is 10.8 Å². The molecule has 5 heteroatoms.